The summed E-state index contributed by atoms with van der Waals surface area (Å²) in [7, 11) is 1.66. The summed E-state index contributed by atoms with van der Waals surface area (Å²) in [5, 5.41) is 8.63. The molecule has 0 aliphatic carbocycles. The maximum absolute atomic E-state index is 12.7. The fraction of sp³-hybridized carbons (Fsp3) is 0.300. The van der Waals surface area contributed by atoms with Gasteiger partial charge in [-0.1, -0.05) is 0 Å². The zero-order valence-corrected chi connectivity index (χ0v) is 15.5. The smallest absolute Gasteiger partial charge is 0.227 e. The van der Waals surface area contributed by atoms with Crippen LogP contribution in [0.2, 0.25) is 0 Å². The van der Waals surface area contributed by atoms with Gasteiger partial charge in [-0.05, 0) is 59.5 Å². The number of thiophene rings is 1. The monoisotopic (exact) mass is 367 g/mol. The molecule has 26 heavy (non-hydrogen) atoms. The largest absolute Gasteiger partial charge is 0.497 e. The van der Waals surface area contributed by atoms with Crippen LogP contribution >= 0.6 is 11.3 Å². The van der Waals surface area contributed by atoms with Crippen molar-refractivity contribution in [2.24, 2.45) is 0 Å². The first-order chi connectivity index (χ1) is 12.7. The summed E-state index contributed by atoms with van der Waals surface area (Å²) in [6, 6.07) is 9.92. The summed E-state index contributed by atoms with van der Waals surface area (Å²) in [6.07, 6.45) is 4.25. The molecule has 0 fully saturated rings. The molecule has 0 unspecified atom stereocenters. The maximum Gasteiger partial charge on any atom is 0.227 e. The third-order valence-electron chi connectivity index (χ3n) is 4.76. The summed E-state index contributed by atoms with van der Waals surface area (Å²) < 4.78 is 7.22. The lowest BCUT2D eigenvalue weighted by molar-refractivity contribution is -0.131. The topological polar surface area (TPSA) is 47.4 Å². The minimum Gasteiger partial charge on any atom is -0.497 e. The predicted octanol–water partition coefficient (Wildman–Crippen LogP) is 3.46. The van der Waals surface area contributed by atoms with Gasteiger partial charge in [-0.2, -0.15) is 16.4 Å². The lowest BCUT2D eigenvalue weighted by Crippen LogP contribution is -2.31. The van der Waals surface area contributed by atoms with Gasteiger partial charge in [0.05, 0.1) is 25.4 Å². The van der Waals surface area contributed by atoms with Crippen molar-refractivity contribution in [1.29, 1.82) is 0 Å². The van der Waals surface area contributed by atoms with Crippen LogP contribution in [-0.2, 0) is 24.2 Å². The van der Waals surface area contributed by atoms with Crippen LogP contribution in [0.3, 0.4) is 0 Å². The molecule has 0 saturated carbocycles. The van der Waals surface area contributed by atoms with Gasteiger partial charge in [-0.25, -0.2) is 4.68 Å². The Hall–Kier alpha value is -2.60. The molecule has 0 saturated heterocycles. The number of benzene rings is 1. The second-order valence-corrected chi connectivity index (χ2v) is 7.23. The highest BCUT2D eigenvalue weighted by Gasteiger charge is 2.22. The maximum atomic E-state index is 12.7. The molecule has 134 valence electrons. The number of nitrogens with zero attached hydrogens (tertiary/aromatic N) is 3. The molecule has 5 nitrogen and oxygen atoms in total. The van der Waals surface area contributed by atoms with Crippen LogP contribution in [0.25, 0.3) is 5.69 Å². The molecule has 1 aliphatic heterocycles. The minimum absolute atomic E-state index is 0.188. The summed E-state index contributed by atoms with van der Waals surface area (Å²) in [5.41, 5.74) is 4.45. The summed E-state index contributed by atoms with van der Waals surface area (Å²) in [6.45, 7) is 1.43. The van der Waals surface area contributed by atoms with Crippen molar-refractivity contribution >= 4 is 17.2 Å². The molecular formula is C20H21N3O2S. The molecule has 1 aliphatic rings. The highest BCUT2D eigenvalue weighted by atomic mass is 32.1. The second-order valence-electron chi connectivity index (χ2n) is 6.45. The number of amides is 1. The van der Waals surface area contributed by atoms with Gasteiger partial charge in [0.2, 0.25) is 5.91 Å². The molecule has 0 radical (unpaired) electrons. The molecule has 1 amide bonds. The zero-order valence-electron chi connectivity index (χ0n) is 14.7. The van der Waals surface area contributed by atoms with Crippen molar-refractivity contribution in [3.8, 4) is 11.4 Å². The van der Waals surface area contributed by atoms with Crippen LogP contribution in [0.5, 0.6) is 5.75 Å². The van der Waals surface area contributed by atoms with Gasteiger partial charge >= 0.3 is 0 Å². The molecule has 3 aromatic rings. The van der Waals surface area contributed by atoms with E-state index < -0.39 is 0 Å². The number of carbonyl (C=O) groups is 1. The van der Waals surface area contributed by atoms with Crippen LogP contribution in [-0.4, -0.2) is 34.2 Å². The van der Waals surface area contributed by atoms with Crippen molar-refractivity contribution in [3.63, 3.8) is 0 Å². The molecule has 0 spiro atoms. The number of hydrogen-bond acceptors (Lipinski definition) is 4. The lowest BCUT2D eigenvalue weighted by Gasteiger charge is -2.20. The minimum atomic E-state index is 0.188. The number of ether oxygens (including phenoxy) is 1. The SMILES string of the molecule is COc1ccc(-n2ncc3c2CCCN(C(=O)Cc2ccsc2)C3)cc1. The van der Waals surface area contributed by atoms with Gasteiger partial charge in [0.25, 0.3) is 0 Å². The molecule has 0 N–H and O–H groups in total. The van der Waals surface area contributed by atoms with Gasteiger partial charge < -0.3 is 9.64 Å². The number of hydrogen-bond donors (Lipinski definition) is 0. The second kappa shape index (κ2) is 7.33. The van der Waals surface area contributed by atoms with Crippen LogP contribution in [0.1, 0.15) is 23.2 Å². The van der Waals surface area contributed by atoms with E-state index in [1.165, 1.54) is 5.69 Å². The van der Waals surface area contributed by atoms with E-state index in [-0.39, 0.29) is 5.91 Å². The fourth-order valence-electron chi connectivity index (χ4n) is 3.37. The van der Waals surface area contributed by atoms with Gasteiger partial charge in [-0.15, -0.1) is 0 Å². The fourth-order valence-corrected chi connectivity index (χ4v) is 4.04. The highest BCUT2D eigenvalue weighted by Crippen LogP contribution is 2.23. The Bertz CT molecular complexity index is 884. The Balaban J connectivity index is 1.54. The van der Waals surface area contributed by atoms with Gasteiger partial charge in [0.1, 0.15) is 5.75 Å². The van der Waals surface area contributed by atoms with E-state index in [9.17, 15) is 4.79 Å². The van der Waals surface area contributed by atoms with E-state index in [2.05, 4.69) is 5.10 Å². The number of fused-ring (bicyclic) bond motifs is 1. The van der Waals surface area contributed by atoms with E-state index in [0.29, 0.717) is 13.0 Å². The third-order valence-corrected chi connectivity index (χ3v) is 5.50. The molecule has 0 atom stereocenters. The van der Waals surface area contributed by atoms with Crippen molar-refractivity contribution in [2.45, 2.75) is 25.8 Å². The Labute approximate surface area is 156 Å². The van der Waals surface area contributed by atoms with E-state index >= 15 is 0 Å². The molecule has 3 heterocycles. The van der Waals surface area contributed by atoms with Crippen LogP contribution in [0, 0.1) is 0 Å². The van der Waals surface area contributed by atoms with E-state index in [0.717, 1.165) is 42.0 Å². The van der Waals surface area contributed by atoms with Crippen molar-refractivity contribution in [2.75, 3.05) is 13.7 Å². The molecule has 0 bridgehead atoms. The normalized spacial score (nSPS) is 14.0. The zero-order chi connectivity index (χ0) is 17.9. The summed E-state index contributed by atoms with van der Waals surface area (Å²) in [5.74, 6) is 1.02. The first-order valence-corrected chi connectivity index (χ1v) is 9.68. The van der Waals surface area contributed by atoms with E-state index in [1.54, 1.807) is 18.4 Å². The number of aromatic nitrogens is 2. The Morgan fingerprint density at radius 3 is 2.85 bits per heavy atom. The predicted molar refractivity (Wildman–Crippen MR) is 102 cm³/mol. The third kappa shape index (κ3) is 3.37. The summed E-state index contributed by atoms with van der Waals surface area (Å²) in [4.78, 5) is 14.6. The van der Waals surface area contributed by atoms with Crippen molar-refractivity contribution in [1.82, 2.24) is 14.7 Å². The Morgan fingerprint density at radius 1 is 1.27 bits per heavy atom. The average molecular weight is 367 g/mol. The summed E-state index contributed by atoms with van der Waals surface area (Å²) >= 11 is 1.63. The van der Waals surface area contributed by atoms with Crippen LogP contribution in [0.4, 0.5) is 0 Å². The van der Waals surface area contributed by atoms with Crippen LogP contribution < -0.4 is 4.74 Å². The van der Waals surface area contributed by atoms with Gasteiger partial charge in [0.15, 0.2) is 0 Å². The average Bonchev–Trinajstić information content (AvgIpc) is 3.26. The number of rotatable bonds is 4. The molecular weight excluding hydrogens is 346 g/mol. The number of methoxy groups -OCH3 is 1. The number of carbonyl (C=O) groups excluding carboxylic acids is 1. The standard InChI is InChI=1S/C20H21N3O2S/c1-25-18-6-4-17(5-7-18)23-19-3-2-9-22(13-16(19)12-21-23)20(24)11-15-8-10-26-14-15/h4-8,10,12,14H,2-3,9,11,13H2,1H3. The molecule has 6 heteroatoms. The molecule has 4 rings (SSSR count). The molecule has 2 aromatic heterocycles. The van der Waals surface area contributed by atoms with Crippen LogP contribution in [0.15, 0.2) is 47.3 Å². The van der Waals surface area contributed by atoms with Gasteiger partial charge in [-0.3, -0.25) is 4.79 Å². The van der Waals surface area contributed by atoms with Crippen molar-refractivity contribution in [3.05, 3.63) is 64.1 Å². The van der Waals surface area contributed by atoms with Crippen molar-refractivity contribution < 1.29 is 9.53 Å². The Morgan fingerprint density at radius 2 is 2.12 bits per heavy atom. The quantitative estimate of drug-likeness (QED) is 0.709. The van der Waals surface area contributed by atoms with Gasteiger partial charge in [0, 0.05) is 24.3 Å². The van der Waals surface area contributed by atoms with E-state index in [1.807, 2.05) is 56.9 Å². The molecule has 1 aromatic carbocycles. The first-order valence-electron chi connectivity index (χ1n) is 8.73. The highest BCUT2D eigenvalue weighted by molar-refractivity contribution is 7.08. The first kappa shape index (κ1) is 16.8. The van der Waals surface area contributed by atoms with E-state index in [4.69, 9.17) is 4.74 Å². The lowest BCUT2D eigenvalue weighted by atomic mass is 10.1. The Kier molecular flexibility index (Phi) is 4.75.